The molecule has 1 spiro atoms. The number of aryl methyl sites for hydroxylation is 2. The van der Waals surface area contributed by atoms with Crippen LogP contribution in [-0.2, 0) is 4.74 Å². The molecule has 3 aliphatic heterocycles. The normalized spacial score (nSPS) is 23.3. The van der Waals surface area contributed by atoms with Crippen molar-refractivity contribution in [3.05, 3.63) is 53.3 Å². The van der Waals surface area contributed by atoms with Crippen molar-refractivity contribution in [2.45, 2.75) is 116 Å². The van der Waals surface area contributed by atoms with E-state index in [2.05, 4.69) is 52.6 Å². The molecule has 1 aliphatic carbocycles. The standard InChI is InChI=1S/C37H52N4O3/c1-4-5-11-33-37(44-36(43)41(33)26-29-9-7-6-8-10-29)16-22-39(23-17-37)32-14-20-40(21-15-32)35(42)34-27(2)24-31(25-28(34)3)30-12-18-38-19-13-30/h12-13,18-19,24-25,29,32-33H,4-11,14-17,20-23,26H2,1-3H3. The number of pyridine rings is 1. The molecule has 238 valence electrons. The molecule has 1 aromatic heterocycles. The Balaban J connectivity index is 1.05. The maximum atomic E-state index is 13.7. The number of unbranched alkanes of at least 4 members (excludes halogenated alkanes) is 1. The molecule has 1 aromatic carbocycles. The molecule has 4 heterocycles. The third kappa shape index (κ3) is 6.40. The SMILES string of the molecule is CCCCC1N(CC2CCCCC2)C(=O)OC12CCN(C1CCN(C(=O)c3c(C)cc(-c4ccncc4)cc3C)CC1)CC2. The fourth-order valence-electron chi connectivity index (χ4n) is 8.68. The Bertz CT molecular complexity index is 1270. The van der Waals surface area contributed by atoms with Crippen LogP contribution in [0, 0.1) is 19.8 Å². The number of likely N-dealkylation sites (tertiary alicyclic amines) is 2. The molecule has 7 nitrogen and oxygen atoms in total. The Kier molecular flexibility index (Phi) is 9.60. The van der Waals surface area contributed by atoms with Gasteiger partial charge in [-0.1, -0.05) is 51.2 Å². The van der Waals surface area contributed by atoms with E-state index < -0.39 is 0 Å². The molecule has 44 heavy (non-hydrogen) atoms. The van der Waals surface area contributed by atoms with Gasteiger partial charge >= 0.3 is 6.09 Å². The maximum absolute atomic E-state index is 13.7. The van der Waals surface area contributed by atoms with Gasteiger partial charge in [-0.2, -0.15) is 0 Å². The first-order valence-corrected chi connectivity index (χ1v) is 17.4. The molecule has 0 radical (unpaired) electrons. The fraction of sp³-hybridized carbons (Fsp3) is 0.649. The van der Waals surface area contributed by atoms with Gasteiger partial charge in [-0.25, -0.2) is 4.79 Å². The maximum Gasteiger partial charge on any atom is 0.410 e. The molecular weight excluding hydrogens is 548 g/mol. The van der Waals surface area contributed by atoms with E-state index in [4.69, 9.17) is 4.74 Å². The highest BCUT2D eigenvalue weighted by atomic mass is 16.6. The van der Waals surface area contributed by atoms with Crippen LogP contribution in [0.5, 0.6) is 0 Å². The summed E-state index contributed by atoms with van der Waals surface area (Å²) in [6.07, 6.45) is 17.2. The molecule has 2 aromatic rings. The van der Waals surface area contributed by atoms with E-state index in [1.165, 1.54) is 32.1 Å². The molecule has 1 unspecified atom stereocenters. The van der Waals surface area contributed by atoms with Gasteiger partial charge in [0.15, 0.2) is 0 Å². The zero-order valence-corrected chi connectivity index (χ0v) is 27.2. The number of hydrogen-bond acceptors (Lipinski definition) is 5. The van der Waals surface area contributed by atoms with E-state index in [1.54, 1.807) is 0 Å². The van der Waals surface area contributed by atoms with E-state index >= 15 is 0 Å². The summed E-state index contributed by atoms with van der Waals surface area (Å²) in [6, 6.07) is 8.99. The van der Waals surface area contributed by atoms with Crippen LogP contribution in [0.15, 0.2) is 36.7 Å². The number of hydrogen-bond donors (Lipinski definition) is 0. The number of carbonyl (C=O) groups is 2. The second kappa shape index (κ2) is 13.6. The molecule has 2 amide bonds. The van der Waals surface area contributed by atoms with Crippen molar-refractivity contribution >= 4 is 12.0 Å². The largest absolute Gasteiger partial charge is 0.440 e. The molecule has 7 heteroatoms. The van der Waals surface area contributed by atoms with E-state index in [1.807, 2.05) is 24.5 Å². The third-order valence-corrected chi connectivity index (χ3v) is 11.2. The lowest BCUT2D eigenvalue weighted by Crippen LogP contribution is -2.56. The van der Waals surface area contributed by atoms with Crippen molar-refractivity contribution in [2.75, 3.05) is 32.7 Å². The highest BCUT2D eigenvalue weighted by molar-refractivity contribution is 5.98. The number of aromatic nitrogens is 1. The molecule has 0 bridgehead atoms. The average Bonchev–Trinajstić information content (AvgIpc) is 3.29. The number of carbonyl (C=O) groups excluding carboxylic acids is 2. The van der Waals surface area contributed by atoms with Crippen molar-refractivity contribution in [2.24, 2.45) is 5.92 Å². The first-order chi connectivity index (χ1) is 21.4. The summed E-state index contributed by atoms with van der Waals surface area (Å²) in [6.45, 7) is 10.8. The third-order valence-electron chi connectivity index (χ3n) is 11.2. The second-order valence-corrected chi connectivity index (χ2v) is 14.0. The van der Waals surface area contributed by atoms with Gasteiger partial charge in [0.25, 0.3) is 5.91 Å². The molecular formula is C37H52N4O3. The highest BCUT2D eigenvalue weighted by Crippen LogP contribution is 2.43. The van der Waals surface area contributed by atoms with Gasteiger partial charge in [0.2, 0.25) is 0 Å². The summed E-state index contributed by atoms with van der Waals surface area (Å²) < 4.78 is 6.35. The van der Waals surface area contributed by atoms with Gasteiger partial charge in [0, 0.05) is 69.6 Å². The Morgan fingerprint density at radius 2 is 1.59 bits per heavy atom. The molecule has 0 N–H and O–H groups in total. The molecule has 4 fully saturated rings. The Morgan fingerprint density at radius 1 is 0.932 bits per heavy atom. The van der Waals surface area contributed by atoms with Gasteiger partial charge in [-0.3, -0.25) is 14.7 Å². The summed E-state index contributed by atoms with van der Waals surface area (Å²) in [5, 5.41) is 0. The molecule has 6 rings (SSSR count). The van der Waals surface area contributed by atoms with Crippen molar-refractivity contribution in [3.63, 3.8) is 0 Å². The number of nitrogens with zero attached hydrogens (tertiary/aromatic N) is 4. The molecule has 3 saturated heterocycles. The predicted molar refractivity (Wildman–Crippen MR) is 175 cm³/mol. The molecule has 1 atom stereocenters. The number of ether oxygens (including phenoxy) is 1. The minimum atomic E-state index is -0.328. The average molecular weight is 601 g/mol. The van der Waals surface area contributed by atoms with E-state index in [-0.39, 0.29) is 23.6 Å². The number of rotatable bonds is 8. The van der Waals surface area contributed by atoms with Crippen molar-refractivity contribution in [1.29, 1.82) is 0 Å². The minimum Gasteiger partial charge on any atom is -0.440 e. The van der Waals surface area contributed by atoms with Crippen molar-refractivity contribution in [3.8, 4) is 11.1 Å². The second-order valence-electron chi connectivity index (χ2n) is 14.0. The summed E-state index contributed by atoms with van der Waals surface area (Å²) in [5.41, 5.74) is 4.84. The van der Waals surface area contributed by atoms with Crippen LogP contribution < -0.4 is 0 Å². The Labute approximate surface area is 264 Å². The van der Waals surface area contributed by atoms with E-state index in [9.17, 15) is 9.59 Å². The van der Waals surface area contributed by atoms with E-state index in [0.717, 1.165) is 105 Å². The van der Waals surface area contributed by atoms with Gasteiger partial charge in [-0.15, -0.1) is 0 Å². The van der Waals surface area contributed by atoms with Crippen molar-refractivity contribution < 1.29 is 14.3 Å². The number of benzene rings is 1. The minimum absolute atomic E-state index is 0.0589. The van der Waals surface area contributed by atoms with Gasteiger partial charge < -0.3 is 14.5 Å². The van der Waals surface area contributed by atoms with Crippen LogP contribution >= 0.6 is 0 Å². The molecule has 4 aliphatic rings. The van der Waals surface area contributed by atoms with Crippen LogP contribution in [0.1, 0.15) is 105 Å². The predicted octanol–water partition coefficient (Wildman–Crippen LogP) is 7.40. The van der Waals surface area contributed by atoms with Crippen LogP contribution in [0.4, 0.5) is 4.79 Å². The summed E-state index contributed by atoms with van der Waals surface area (Å²) in [7, 11) is 0. The van der Waals surface area contributed by atoms with Gasteiger partial charge in [0.1, 0.15) is 5.60 Å². The smallest absolute Gasteiger partial charge is 0.410 e. The Morgan fingerprint density at radius 3 is 2.23 bits per heavy atom. The summed E-state index contributed by atoms with van der Waals surface area (Å²) >= 11 is 0. The quantitative estimate of drug-likeness (QED) is 0.316. The van der Waals surface area contributed by atoms with Crippen molar-refractivity contribution in [1.82, 2.24) is 19.7 Å². The highest BCUT2D eigenvalue weighted by Gasteiger charge is 2.55. The first-order valence-electron chi connectivity index (χ1n) is 17.4. The summed E-state index contributed by atoms with van der Waals surface area (Å²) in [4.78, 5) is 38.0. The van der Waals surface area contributed by atoms with Gasteiger partial charge in [0.05, 0.1) is 6.04 Å². The lowest BCUT2D eigenvalue weighted by molar-refractivity contribution is -0.0385. The Hall–Kier alpha value is -2.93. The monoisotopic (exact) mass is 600 g/mol. The fourth-order valence-corrected chi connectivity index (χ4v) is 8.68. The van der Waals surface area contributed by atoms with Gasteiger partial charge in [-0.05, 0) is 86.3 Å². The van der Waals surface area contributed by atoms with Crippen LogP contribution in [-0.4, -0.2) is 82.1 Å². The number of piperidine rings is 2. The zero-order chi connectivity index (χ0) is 30.7. The van der Waals surface area contributed by atoms with E-state index in [0.29, 0.717) is 12.0 Å². The number of amides is 2. The topological polar surface area (TPSA) is 66.0 Å². The molecule has 1 saturated carbocycles. The zero-order valence-electron chi connectivity index (χ0n) is 27.2. The van der Waals surface area contributed by atoms with Crippen LogP contribution in [0.2, 0.25) is 0 Å². The lowest BCUT2D eigenvalue weighted by atomic mass is 9.80. The van der Waals surface area contributed by atoms with Crippen LogP contribution in [0.3, 0.4) is 0 Å². The first kappa shape index (κ1) is 31.1. The summed E-state index contributed by atoms with van der Waals surface area (Å²) in [5.74, 6) is 0.794. The van der Waals surface area contributed by atoms with Crippen LogP contribution in [0.25, 0.3) is 11.1 Å². The lowest BCUT2D eigenvalue weighted by Gasteiger charge is -2.46.